The second-order valence-electron chi connectivity index (χ2n) is 5.93. The van der Waals surface area contributed by atoms with Crippen LogP contribution in [-0.2, 0) is 11.3 Å². The van der Waals surface area contributed by atoms with E-state index in [0.717, 1.165) is 18.2 Å². The molecule has 0 saturated carbocycles. The minimum absolute atomic E-state index is 0.00466. The van der Waals surface area contributed by atoms with Crippen LogP contribution in [0.15, 0.2) is 36.4 Å². The number of amides is 1. The number of carbonyl (C=O) groups excluding carboxylic acids is 1. The fraction of sp³-hybridized carbons (Fsp3) is 0.278. The van der Waals surface area contributed by atoms with Gasteiger partial charge in [-0.15, -0.1) is 0 Å². The molecule has 0 spiro atoms. The molecule has 3 rings (SSSR count). The lowest BCUT2D eigenvalue weighted by Crippen LogP contribution is -2.55. The van der Waals surface area contributed by atoms with E-state index < -0.39 is 35.2 Å². The standard InChI is InChI=1S/C18H16F4N2O/c1-11-18(25)24(17-6-5-12(19)9-16(17)22)8-7-23(11)10-13-14(20)3-2-4-15(13)21/h2-6,9,11H,7-8,10H2,1H3/t11-/m1/s1. The van der Waals surface area contributed by atoms with Crippen LogP contribution in [0, 0.1) is 23.3 Å². The van der Waals surface area contributed by atoms with Gasteiger partial charge in [-0.2, -0.15) is 0 Å². The van der Waals surface area contributed by atoms with E-state index in [4.69, 9.17) is 0 Å². The number of benzene rings is 2. The molecule has 132 valence electrons. The zero-order valence-electron chi connectivity index (χ0n) is 13.5. The summed E-state index contributed by atoms with van der Waals surface area (Å²) in [5.41, 5.74) is -0.112. The molecular formula is C18H16F4N2O. The lowest BCUT2D eigenvalue weighted by atomic mass is 10.1. The third-order valence-corrected chi connectivity index (χ3v) is 4.41. The average Bonchev–Trinajstić information content (AvgIpc) is 2.56. The predicted octanol–water partition coefficient (Wildman–Crippen LogP) is 3.48. The van der Waals surface area contributed by atoms with E-state index in [2.05, 4.69) is 0 Å². The SMILES string of the molecule is C[C@@H]1C(=O)N(c2ccc(F)cc2F)CCN1Cc1c(F)cccc1F. The van der Waals surface area contributed by atoms with Gasteiger partial charge in [0.1, 0.15) is 23.3 Å². The topological polar surface area (TPSA) is 23.6 Å². The van der Waals surface area contributed by atoms with Crippen LogP contribution in [-0.4, -0.2) is 29.9 Å². The molecule has 1 amide bonds. The van der Waals surface area contributed by atoms with Crippen molar-refractivity contribution >= 4 is 11.6 Å². The summed E-state index contributed by atoms with van der Waals surface area (Å²) in [6.07, 6.45) is 0. The van der Waals surface area contributed by atoms with E-state index in [1.54, 1.807) is 11.8 Å². The third-order valence-electron chi connectivity index (χ3n) is 4.41. The van der Waals surface area contributed by atoms with E-state index >= 15 is 0 Å². The molecule has 0 bridgehead atoms. The lowest BCUT2D eigenvalue weighted by Gasteiger charge is -2.39. The maximum atomic E-state index is 13.9. The van der Waals surface area contributed by atoms with E-state index in [1.165, 1.54) is 17.0 Å². The Labute approximate surface area is 142 Å². The number of hydrogen-bond acceptors (Lipinski definition) is 2. The average molecular weight is 352 g/mol. The first kappa shape index (κ1) is 17.4. The number of halogens is 4. The molecule has 0 radical (unpaired) electrons. The van der Waals surface area contributed by atoms with Crippen LogP contribution >= 0.6 is 0 Å². The fourth-order valence-corrected chi connectivity index (χ4v) is 2.96. The van der Waals surface area contributed by atoms with Crippen molar-refractivity contribution < 1.29 is 22.4 Å². The molecule has 2 aromatic rings. The molecule has 3 nitrogen and oxygen atoms in total. The lowest BCUT2D eigenvalue weighted by molar-refractivity contribution is -0.125. The Hall–Kier alpha value is -2.41. The van der Waals surface area contributed by atoms with Crippen molar-refractivity contribution in [3.05, 3.63) is 65.2 Å². The summed E-state index contributed by atoms with van der Waals surface area (Å²) >= 11 is 0. The molecule has 1 heterocycles. The number of rotatable bonds is 3. The monoisotopic (exact) mass is 352 g/mol. The quantitative estimate of drug-likeness (QED) is 0.790. The molecule has 1 fully saturated rings. The molecule has 0 aliphatic carbocycles. The highest BCUT2D eigenvalue weighted by atomic mass is 19.1. The van der Waals surface area contributed by atoms with Crippen molar-refractivity contribution in [1.82, 2.24) is 4.90 Å². The Kier molecular flexibility index (Phi) is 4.76. The van der Waals surface area contributed by atoms with Crippen LogP contribution < -0.4 is 4.90 Å². The molecule has 1 aliphatic heterocycles. The first-order chi connectivity index (χ1) is 11.9. The van der Waals surface area contributed by atoms with Crippen LogP contribution in [0.25, 0.3) is 0 Å². The van der Waals surface area contributed by atoms with Gasteiger partial charge in [0.2, 0.25) is 5.91 Å². The van der Waals surface area contributed by atoms with Crippen LogP contribution in [0.3, 0.4) is 0 Å². The smallest absolute Gasteiger partial charge is 0.244 e. The van der Waals surface area contributed by atoms with Gasteiger partial charge in [0.15, 0.2) is 0 Å². The molecule has 7 heteroatoms. The van der Waals surface area contributed by atoms with Crippen molar-refractivity contribution in [2.75, 3.05) is 18.0 Å². The Balaban J connectivity index is 1.80. The molecule has 2 aromatic carbocycles. The number of anilines is 1. The summed E-state index contributed by atoms with van der Waals surface area (Å²) in [7, 11) is 0. The third kappa shape index (κ3) is 3.37. The van der Waals surface area contributed by atoms with Gasteiger partial charge in [-0.3, -0.25) is 9.69 Å². The Morgan fingerprint density at radius 2 is 1.68 bits per heavy atom. The highest BCUT2D eigenvalue weighted by Gasteiger charge is 2.34. The number of carbonyl (C=O) groups is 1. The van der Waals surface area contributed by atoms with Gasteiger partial charge in [0.05, 0.1) is 11.7 Å². The predicted molar refractivity (Wildman–Crippen MR) is 84.9 cm³/mol. The maximum Gasteiger partial charge on any atom is 0.244 e. The Morgan fingerprint density at radius 3 is 2.32 bits per heavy atom. The van der Waals surface area contributed by atoms with Crippen LogP contribution in [0.4, 0.5) is 23.2 Å². The van der Waals surface area contributed by atoms with Gasteiger partial charge in [-0.1, -0.05) is 6.07 Å². The summed E-state index contributed by atoms with van der Waals surface area (Å²) in [6, 6.07) is 5.91. The van der Waals surface area contributed by atoms with Crippen molar-refractivity contribution in [2.24, 2.45) is 0 Å². The van der Waals surface area contributed by atoms with Crippen LogP contribution in [0.5, 0.6) is 0 Å². The van der Waals surface area contributed by atoms with Gasteiger partial charge >= 0.3 is 0 Å². The molecule has 0 aromatic heterocycles. The summed E-state index contributed by atoms with van der Waals surface area (Å²) < 4.78 is 54.6. The summed E-state index contributed by atoms with van der Waals surface area (Å²) in [5.74, 6) is -3.31. The van der Waals surface area contributed by atoms with E-state index in [-0.39, 0.29) is 24.3 Å². The van der Waals surface area contributed by atoms with E-state index in [9.17, 15) is 22.4 Å². The zero-order valence-corrected chi connectivity index (χ0v) is 13.5. The van der Waals surface area contributed by atoms with Gasteiger partial charge in [0, 0.05) is 31.3 Å². The van der Waals surface area contributed by atoms with Gasteiger partial charge in [0.25, 0.3) is 0 Å². The molecule has 1 saturated heterocycles. The van der Waals surface area contributed by atoms with Gasteiger partial charge in [-0.05, 0) is 31.2 Å². The normalized spacial score (nSPS) is 18.7. The number of piperazine rings is 1. The Bertz CT molecular complexity index is 791. The zero-order chi connectivity index (χ0) is 18.1. The summed E-state index contributed by atoms with van der Waals surface area (Å²) in [4.78, 5) is 15.4. The van der Waals surface area contributed by atoms with Gasteiger partial charge < -0.3 is 4.90 Å². The highest BCUT2D eigenvalue weighted by molar-refractivity contribution is 5.97. The van der Waals surface area contributed by atoms with Crippen molar-refractivity contribution in [2.45, 2.75) is 19.5 Å². The highest BCUT2D eigenvalue weighted by Crippen LogP contribution is 2.26. The minimum Gasteiger partial charge on any atom is -0.307 e. The van der Waals surface area contributed by atoms with Crippen molar-refractivity contribution in [3.8, 4) is 0 Å². The second kappa shape index (κ2) is 6.84. The summed E-state index contributed by atoms with van der Waals surface area (Å²) in [5, 5.41) is 0. The number of hydrogen-bond donors (Lipinski definition) is 0. The fourth-order valence-electron chi connectivity index (χ4n) is 2.96. The first-order valence-electron chi connectivity index (χ1n) is 7.82. The molecule has 1 atom stereocenters. The van der Waals surface area contributed by atoms with Crippen LogP contribution in [0.2, 0.25) is 0 Å². The van der Waals surface area contributed by atoms with Crippen LogP contribution in [0.1, 0.15) is 12.5 Å². The van der Waals surface area contributed by atoms with Gasteiger partial charge in [-0.25, -0.2) is 17.6 Å². The molecular weight excluding hydrogens is 336 g/mol. The Morgan fingerprint density at radius 1 is 1.00 bits per heavy atom. The molecule has 0 N–H and O–H groups in total. The minimum atomic E-state index is -0.825. The molecule has 1 aliphatic rings. The second-order valence-corrected chi connectivity index (χ2v) is 5.93. The van der Waals surface area contributed by atoms with Crippen molar-refractivity contribution in [1.29, 1.82) is 0 Å². The first-order valence-corrected chi connectivity index (χ1v) is 7.82. The van der Waals surface area contributed by atoms with Crippen molar-refractivity contribution in [3.63, 3.8) is 0 Å². The molecule has 0 unspecified atom stereocenters. The van der Waals surface area contributed by atoms with E-state index in [1.807, 2.05) is 0 Å². The van der Waals surface area contributed by atoms with E-state index in [0.29, 0.717) is 12.6 Å². The summed E-state index contributed by atoms with van der Waals surface area (Å²) in [6.45, 7) is 1.97. The largest absolute Gasteiger partial charge is 0.307 e. The number of nitrogens with zero attached hydrogens (tertiary/aromatic N) is 2. The maximum absolute atomic E-state index is 13.9. The molecule has 25 heavy (non-hydrogen) atoms.